The molecule has 0 saturated heterocycles. The summed E-state index contributed by atoms with van der Waals surface area (Å²) in [6, 6.07) is 7.99. The highest BCUT2D eigenvalue weighted by atomic mass is 32.2. The highest BCUT2D eigenvalue weighted by molar-refractivity contribution is 7.99. The van der Waals surface area contributed by atoms with Crippen LogP contribution in [0.1, 0.15) is 29.4 Å². The fourth-order valence-electron chi connectivity index (χ4n) is 3.02. The molecule has 0 fully saturated rings. The first-order chi connectivity index (χ1) is 15.5. The van der Waals surface area contributed by atoms with Crippen LogP contribution in [0.2, 0.25) is 0 Å². The van der Waals surface area contributed by atoms with Gasteiger partial charge < -0.3 is 5.32 Å². The van der Waals surface area contributed by atoms with Crippen molar-refractivity contribution < 1.29 is 22.9 Å². The van der Waals surface area contributed by atoms with Gasteiger partial charge in [0.25, 0.3) is 5.69 Å². The number of nitro groups is 1. The molecule has 0 aliphatic heterocycles. The molecule has 0 radical (unpaired) electrons. The van der Waals surface area contributed by atoms with E-state index in [9.17, 15) is 28.1 Å². The molecule has 0 aliphatic carbocycles. The van der Waals surface area contributed by atoms with Crippen LogP contribution in [0.4, 0.5) is 18.9 Å². The monoisotopic (exact) mass is 479 g/mol. The highest BCUT2D eigenvalue weighted by Crippen LogP contribution is 2.39. The van der Waals surface area contributed by atoms with Gasteiger partial charge in [-0.15, -0.1) is 10.2 Å². The van der Waals surface area contributed by atoms with Crippen LogP contribution in [0.5, 0.6) is 0 Å². The van der Waals surface area contributed by atoms with E-state index in [0.29, 0.717) is 30.5 Å². The normalized spacial score (nSPS) is 11.5. The van der Waals surface area contributed by atoms with E-state index in [0.717, 1.165) is 35.0 Å². The topological polar surface area (TPSA) is 103 Å². The lowest BCUT2D eigenvalue weighted by Crippen LogP contribution is -2.23. The van der Waals surface area contributed by atoms with E-state index in [4.69, 9.17) is 0 Å². The third-order valence-electron chi connectivity index (χ3n) is 4.86. The fourth-order valence-corrected chi connectivity index (χ4v) is 3.98. The summed E-state index contributed by atoms with van der Waals surface area (Å²) >= 11 is 0.847. The molecule has 0 unspecified atom stereocenters. The van der Waals surface area contributed by atoms with Crippen molar-refractivity contribution >= 4 is 23.4 Å². The van der Waals surface area contributed by atoms with Crippen LogP contribution in [0.15, 0.2) is 46.5 Å². The molecule has 0 atom stereocenters. The number of nitro benzene ring substituents is 1. The maximum atomic E-state index is 13.0. The van der Waals surface area contributed by atoms with Gasteiger partial charge in [0, 0.05) is 31.6 Å². The zero-order chi connectivity index (χ0) is 24.3. The smallest absolute Gasteiger partial charge is 0.356 e. The highest BCUT2D eigenvalue weighted by Gasteiger charge is 2.33. The van der Waals surface area contributed by atoms with E-state index in [2.05, 4.69) is 15.5 Å². The number of benzene rings is 2. The molecule has 0 spiro atoms. The number of nitrogens with one attached hydrogen (secondary N) is 1. The zero-order valence-electron chi connectivity index (χ0n) is 17.9. The predicted octanol–water partition coefficient (Wildman–Crippen LogP) is 4.64. The second kappa shape index (κ2) is 9.61. The Hall–Kier alpha value is -3.41. The van der Waals surface area contributed by atoms with Crippen LogP contribution < -0.4 is 5.32 Å². The Kier molecular flexibility index (Phi) is 7.06. The largest absolute Gasteiger partial charge is 0.416 e. The van der Waals surface area contributed by atoms with E-state index in [1.54, 1.807) is 4.57 Å². The Morgan fingerprint density at radius 1 is 1.15 bits per heavy atom. The summed E-state index contributed by atoms with van der Waals surface area (Å²) in [6.45, 7) is 5.56. The van der Waals surface area contributed by atoms with Gasteiger partial charge >= 0.3 is 6.18 Å². The minimum Gasteiger partial charge on any atom is -0.356 e. The van der Waals surface area contributed by atoms with Gasteiger partial charge in [-0.1, -0.05) is 6.07 Å². The second-order valence-electron chi connectivity index (χ2n) is 7.28. The zero-order valence-corrected chi connectivity index (χ0v) is 18.8. The lowest BCUT2D eigenvalue weighted by atomic mass is 10.1. The predicted molar refractivity (Wildman–Crippen MR) is 115 cm³/mol. The first kappa shape index (κ1) is 24.2. The maximum Gasteiger partial charge on any atom is 0.416 e. The van der Waals surface area contributed by atoms with E-state index in [1.165, 1.54) is 6.92 Å². The third kappa shape index (κ3) is 5.69. The lowest BCUT2D eigenvalue weighted by Gasteiger charge is -2.13. The van der Waals surface area contributed by atoms with Crippen LogP contribution in [-0.2, 0) is 17.4 Å². The number of amides is 1. The molecule has 0 saturated carbocycles. The fraction of sp³-hybridized carbons (Fsp3) is 0.286. The molecule has 0 aliphatic rings. The van der Waals surface area contributed by atoms with E-state index in [1.807, 2.05) is 32.0 Å². The second-order valence-corrected chi connectivity index (χ2v) is 8.28. The molecule has 1 heterocycles. The van der Waals surface area contributed by atoms with Gasteiger partial charge in [0.05, 0.1) is 15.4 Å². The van der Waals surface area contributed by atoms with Crippen molar-refractivity contribution in [3.05, 3.63) is 69.0 Å². The summed E-state index contributed by atoms with van der Waals surface area (Å²) < 4.78 is 40.8. The quantitative estimate of drug-likeness (QED) is 0.391. The van der Waals surface area contributed by atoms with E-state index < -0.39 is 22.4 Å². The van der Waals surface area contributed by atoms with Crippen LogP contribution >= 0.6 is 11.8 Å². The van der Waals surface area contributed by atoms with E-state index in [-0.39, 0.29) is 16.0 Å². The SMILES string of the molecule is CC(=O)NCCc1nnc(Sc2ccc(C(F)(F)F)cc2[N+](=O)[O-])n1-c1ccc(C)c(C)c1. The first-order valence-corrected chi connectivity index (χ1v) is 10.6. The van der Waals surface area contributed by atoms with Crippen molar-refractivity contribution in [1.29, 1.82) is 0 Å². The molecule has 174 valence electrons. The summed E-state index contributed by atoms with van der Waals surface area (Å²) in [5, 5.41) is 22.7. The number of nitrogens with zero attached hydrogens (tertiary/aromatic N) is 4. The van der Waals surface area contributed by atoms with Gasteiger partial charge in [-0.2, -0.15) is 13.2 Å². The number of hydrogen-bond donors (Lipinski definition) is 1. The van der Waals surface area contributed by atoms with Gasteiger partial charge in [-0.25, -0.2) is 0 Å². The Morgan fingerprint density at radius 3 is 2.48 bits per heavy atom. The number of halogens is 3. The van der Waals surface area contributed by atoms with Crippen LogP contribution in [0.3, 0.4) is 0 Å². The van der Waals surface area contributed by atoms with Gasteiger partial charge in [0.1, 0.15) is 5.82 Å². The standard InChI is InChI=1S/C21H20F3N5O3S/c1-12-4-6-16(10-13(12)2)28-19(8-9-25-14(3)30)26-27-20(28)33-18-7-5-15(21(22,23)24)11-17(18)29(31)32/h4-7,10-11H,8-9H2,1-3H3,(H,25,30). The van der Waals surface area contributed by atoms with Crippen molar-refractivity contribution in [2.45, 2.75) is 43.4 Å². The Labute approximate surface area is 191 Å². The molecule has 12 heteroatoms. The lowest BCUT2D eigenvalue weighted by molar-refractivity contribution is -0.388. The number of aromatic nitrogens is 3. The Morgan fingerprint density at radius 2 is 1.88 bits per heavy atom. The maximum absolute atomic E-state index is 13.0. The molecule has 3 rings (SSSR count). The Balaban J connectivity index is 2.06. The molecular weight excluding hydrogens is 459 g/mol. The number of carbonyl (C=O) groups is 1. The van der Waals surface area contributed by atoms with Gasteiger partial charge in [0.15, 0.2) is 0 Å². The molecule has 33 heavy (non-hydrogen) atoms. The van der Waals surface area contributed by atoms with Crippen molar-refractivity contribution in [3.63, 3.8) is 0 Å². The molecule has 3 aromatic rings. The first-order valence-electron chi connectivity index (χ1n) is 9.77. The summed E-state index contributed by atoms with van der Waals surface area (Å²) in [5.41, 5.74) is 0.956. The number of hydrogen-bond acceptors (Lipinski definition) is 6. The average Bonchev–Trinajstić information content (AvgIpc) is 3.11. The van der Waals surface area contributed by atoms with Gasteiger partial charge in [-0.05, 0) is 61.0 Å². The molecule has 0 bridgehead atoms. The summed E-state index contributed by atoms with van der Waals surface area (Å²) in [4.78, 5) is 21.8. The molecule has 1 aromatic heterocycles. The number of aryl methyl sites for hydroxylation is 2. The van der Waals surface area contributed by atoms with Crippen LogP contribution in [0, 0.1) is 24.0 Å². The molecule has 2 aromatic carbocycles. The van der Waals surface area contributed by atoms with Crippen molar-refractivity contribution in [3.8, 4) is 5.69 Å². The van der Waals surface area contributed by atoms with Gasteiger partial charge in [0.2, 0.25) is 11.1 Å². The van der Waals surface area contributed by atoms with Crippen LogP contribution in [0.25, 0.3) is 5.69 Å². The van der Waals surface area contributed by atoms with E-state index >= 15 is 0 Å². The molecular formula is C21H20F3N5O3S. The minimum atomic E-state index is -4.70. The van der Waals surface area contributed by atoms with Crippen molar-refractivity contribution in [1.82, 2.24) is 20.1 Å². The van der Waals surface area contributed by atoms with Gasteiger partial charge in [-0.3, -0.25) is 19.5 Å². The minimum absolute atomic E-state index is 0.00102. The summed E-state index contributed by atoms with van der Waals surface area (Å²) in [6.07, 6.45) is -4.38. The number of rotatable bonds is 7. The summed E-state index contributed by atoms with van der Waals surface area (Å²) in [5.74, 6) is 0.284. The van der Waals surface area contributed by atoms with Crippen LogP contribution in [-0.4, -0.2) is 32.1 Å². The average molecular weight is 479 g/mol. The van der Waals surface area contributed by atoms with Crippen molar-refractivity contribution in [2.75, 3.05) is 6.54 Å². The Bertz CT molecular complexity index is 1210. The molecule has 8 nitrogen and oxygen atoms in total. The molecule has 1 N–H and O–H groups in total. The number of alkyl halides is 3. The number of carbonyl (C=O) groups excluding carboxylic acids is 1. The summed E-state index contributed by atoms with van der Waals surface area (Å²) in [7, 11) is 0. The third-order valence-corrected chi connectivity index (χ3v) is 5.87. The molecule has 1 amide bonds. The van der Waals surface area contributed by atoms with Crippen molar-refractivity contribution in [2.24, 2.45) is 0 Å².